The Labute approximate surface area is 287 Å². The highest BCUT2D eigenvalue weighted by atomic mass is 19.4. The summed E-state index contributed by atoms with van der Waals surface area (Å²) in [4.78, 5) is 44.5. The Morgan fingerprint density at radius 2 is 1.63 bits per heavy atom. The van der Waals surface area contributed by atoms with E-state index in [-0.39, 0.29) is 30.4 Å². The van der Waals surface area contributed by atoms with E-state index in [1.165, 1.54) is 10.7 Å². The number of carbonyl (C=O) groups excluding carboxylic acids is 2. The third-order valence-corrected chi connectivity index (χ3v) is 8.50. The minimum atomic E-state index is -4.96. The number of halogens is 6. The number of carboxylic acid groups (broad SMARTS) is 1. The van der Waals surface area contributed by atoms with Gasteiger partial charge in [0.15, 0.2) is 5.82 Å². The summed E-state index contributed by atoms with van der Waals surface area (Å²) < 4.78 is 81.6. The lowest BCUT2D eigenvalue weighted by Gasteiger charge is -2.29. The van der Waals surface area contributed by atoms with Gasteiger partial charge in [-0.15, -0.1) is 0 Å². The number of amides is 3. The number of rotatable bonds is 10. The highest BCUT2D eigenvalue weighted by Crippen LogP contribution is 2.37. The molecule has 1 fully saturated rings. The van der Waals surface area contributed by atoms with Gasteiger partial charge in [0.05, 0.1) is 35.3 Å². The van der Waals surface area contributed by atoms with Crippen molar-refractivity contribution in [2.45, 2.75) is 69.9 Å². The molecule has 5 rings (SSSR count). The number of nitrogens with one attached hydrogen (secondary N) is 4. The van der Waals surface area contributed by atoms with E-state index in [1.807, 2.05) is 24.4 Å². The zero-order valence-corrected chi connectivity index (χ0v) is 27.4. The van der Waals surface area contributed by atoms with E-state index in [9.17, 15) is 40.7 Å². The van der Waals surface area contributed by atoms with E-state index in [2.05, 4.69) is 26.0 Å². The molecule has 3 amide bonds. The largest absolute Gasteiger partial charge is 0.465 e. The molecule has 4 aromatic rings. The van der Waals surface area contributed by atoms with E-state index >= 15 is 0 Å². The Hall–Kier alpha value is -5.42. The minimum absolute atomic E-state index is 0.00167. The maximum absolute atomic E-state index is 13.5. The third kappa shape index (κ3) is 9.23. The van der Waals surface area contributed by atoms with Crippen LogP contribution >= 0.6 is 0 Å². The van der Waals surface area contributed by atoms with Crippen LogP contribution in [0.5, 0.6) is 0 Å². The van der Waals surface area contributed by atoms with Gasteiger partial charge in [-0.1, -0.05) is 6.92 Å². The number of aromatic nitrogens is 4. The summed E-state index contributed by atoms with van der Waals surface area (Å²) in [6.07, 6.45) is -6.95. The van der Waals surface area contributed by atoms with Gasteiger partial charge in [-0.05, 0) is 73.6 Å². The lowest BCUT2D eigenvalue weighted by molar-refractivity contribution is -0.142. The van der Waals surface area contributed by atoms with E-state index < -0.39 is 47.5 Å². The average molecular weight is 721 g/mol. The molecule has 1 aliphatic carbocycles. The first-order valence-electron chi connectivity index (χ1n) is 15.9. The fourth-order valence-electron chi connectivity index (χ4n) is 6.06. The molecule has 0 aliphatic heterocycles. The number of hydrogen-bond acceptors (Lipinski definition) is 7. The quantitative estimate of drug-likeness (QED) is 0.126. The van der Waals surface area contributed by atoms with Gasteiger partial charge in [0, 0.05) is 42.3 Å². The molecule has 5 N–H and O–H groups in total. The smallest absolute Gasteiger partial charge is 0.416 e. The monoisotopic (exact) mass is 720 g/mol. The molecule has 0 radical (unpaired) electrons. The molecule has 2 aromatic carbocycles. The molecule has 51 heavy (non-hydrogen) atoms. The van der Waals surface area contributed by atoms with Gasteiger partial charge in [-0.25, -0.2) is 14.8 Å². The van der Waals surface area contributed by atoms with E-state index in [1.54, 1.807) is 13.2 Å². The molecular weight excluding hydrogens is 686 g/mol. The Morgan fingerprint density at radius 1 is 0.922 bits per heavy atom. The maximum Gasteiger partial charge on any atom is 0.416 e. The maximum atomic E-state index is 13.5. The van der Waals surface area contributed by atoms with Gasteiger partial charge in [0.2, 0.25) is 17.8 Å². The molecule has 12 nitrogen and oxygen atoms in total. The Balaban J connectivity index is 1.27. The number of fused-ring (bicyclic) bond motifs is 1. The minimum Gasteiger partial charge on any atom is -0.465 e. The average Bonchev–Trinajstić information content (AvgIpc) is 3.42. The summed E-state index contributed by atoms with van der Waals surface area (Å²) in [5, 5.41) is 24.2. The second-order valence-electron chi connectivity index (χ2n) is 12.2. The van der Waals surface area contributed by atoms with Gasteiger partial charge >= 0.3 is 18.4 Å². The fourth-order valence-corrected chi connectivity index (χ4v) is 6.06. The van der Waals surface area contributed by atoms with Crippen molar-refractivity contribution in [2.75, 3.05) is 17.2 Å². The summed E-state index contributed by atoms with van der Waals surface area (Å²) >= 11 is 0. The summed E-state index contributed by atoms with van der Waals surface area (Å²) in [5.41, 5.74) is -0.623. The van der Waals surface area contributed by atoms with Crippen LogP contribution in [0, 0.1) is 0 Å². The topological polar surface area (TPSA) is 163 Å². The van der Waals surface area contributed by atoms with Crippen molar-refractivity contribution >= 4 is 40.6 Å². The van der Waals surface area contributed by atoms with Crippen LogP contribution in [-0.4, -0.2) is 61.4 Å². The first kappa shape index (κ1) is 36.9. The van der Waals surface area contributed by atoms with Crippen LogP contribution in [0.1, 0.15) is 54.9 Å². The second-order valence-corrected chi connectivity index (χ2v) is 12.2. The number of benzene rings is 2. The van der Waals surface area contributed by atoms with Gasteiger partial charge in [-0.3, -0.25) is 14.3 Å². The van der Waals surface area contributed by atoms with Crippen LogP contribution in [0.25, 0.3) is 22.2 Å². The molecular formula is C33H34F6N8O4. The Kier molecular flexibility index (Phi) is 10.7. The summed E-state index contributed by atoms with van der Waals surface area (Å²) in [6, 6.07) is 6.21. The second kappa shape index (κ2) is 14.8. The number of aryl methyl sites for hydroxylation is 2. The number of hydrogen-bond donors (Lipinski definition) is 5. The predicted molar refractivity (Wildman–Crippen MR) is 174 cm³/mol. The molecule has 0 spiro atoms. The number of alkyl halides is 6. The van der Waals surface area contributed by atoms with Crippen molar-refractivity contribution in [3.63, 3.8) is 0 Å². The molecule has 0 bridgehead atoms. The van der Waals surface area contributed by atoms with Crippen LogP contribution in [0.2, 0.25) is 0 Å². The first-order chi connectivity index (χ1) is 24.0. The van der Waals surface area contributed by atoms with Crippen molar-refractivity contribution in [3.05, 3.63) is 64.8 Å². The molecule has 0 unspecified atom stereocenters. The highest BCUT2D eigenvalue weighted by Gasteiger charge is 2.37. The van der Waals surface area contributed by atoms with Crippen molar-refractivity contribution in [1.82, 2.24) is 30.4 Å². The van der Waals surface area contributed by atoms with E-state index in [0.29, 0.717) is 65.6 Å². The van der Waals surface area contributed by atoms with Gasteiger partial charge in [0.25, 0.3) is 0 Å². The highest BCUT2D eigenvalue weighted by molar-refractivity contribution is 5.93. The molecule has 0 atom stereocenters. The molecule has 0 saturated heterocycles. The van der Waals surface area contributed by atoms with E-state index in [0.717, 1.165) is 18.4 Å². The zero-order chi connectivity index (χ0) is 37.1. The standard InChI is InChI=1S/C33H34F6N8O4/c1-3-17-10-19(11-20-15-40-30(45-29(17)20)43-23-7-5-22(6-8-23)42-28(49)16-41-31(50)51)25-14-26(46-47(25)2)44-27(48)13-18-12-21(32(34,35)36)4-9-24(18)33(37,38)39/h4,9-12,14-15,22-23,41H,3,5-8,13,16H2,1-2H3,(H,42,49)(H,50,51)(H,40,43,45)(H,44,46,48)/t22-,23-. The molecule has 2 heterocycles. The molecule has 2 aromatic heterocycles. The summed E-state index contributed by atoms with van der Waals surface area (Å²) in [5.74, 6) is -0.930. The molecule has 1 saturated carbocycles. The normalized spacial score (nSPS) is 16.5. The SMILES string of the molecule is CCc1cc(-c2cc(NC(=O)Cc3cc(C(F)(F)F)ccc3C(F)(F)F)nn2C)cc2cnc(N[C@H]3CC[C@H](NC(=O)CNC(=O)O)CC3)nc12. The van der Waals surface area contributed by atoms with Crippen molar-refractivity contribution in [3.8, 4) is 11.3 Å². The lowest BCUT2D eigenvalue weighted by Crippen LogP contribution is -2.44. The van der Waals surface area contributed by atoms with Crippen molar-refractivity contribution in [1.29, 1.82) is 0 Å². The number of nitrogens with zero attached hydrogens (tertiary/aromatic N) is 4. The number of anilines is 2. The van der Waals surface area contributed by atoms with Crippen LogP contribution in [-0.2, 0) is 41.8 Å². The first-order valence-corrected chi connectivity index (χ1v) is 15.9. The summed E-state index contributed by atoms with van der Waals surface area (Å²) in [6.45, 7) is 1.65. The predicted octanol–water partition coefficient (Wildman–Crippen LogP) is 5.92. The third-order valence-electron chi connectivity index (χ3n) is 8.50. The van der Waals surface area contributed by atoms with Gasteiger partial charge < -0.3 is 26.4 Å². The van der Waals surface area contributed by atoms with Crippen LogP contribution in [0.4, 0.5) is 42.9 Å². The Bertz CT molecular complexity index is 1940. The van der Waals surface area contributed by atoms with Gasteiger partial charge in [0.1, 0.15) is 0 Å². The Morgan fingerprint density at radius 3 is 2.27 bits per heavy atom. The van der Waals surface area contributed by atoms with Crippen molar-refractivity contribution in [2.24, 2.45) is 7.05 Å². The molecule has 18 heteroatoms. The number of carbonyl (C=O) groups is 3. The zero-order valence-electron chi connectivity index (χ0n) is 27.4. The lowest BCUT2D eigenvalue weighted by atomic mass is 9.91. The molecule has 1 aliphatic rings. The fraction of sp³-hybridized carbons (Fsp3) is 0.394. The van der Waals surface area contributed by atoms with Crippen LogP contribution < -0.4 is 21.3 Å². The van der Waals surface area contributed by atoms with Crippen molar-refractivity contribution < 1.29 is 45.8 Å². The summed E-state index contributed by atoms with van der Waals surface area (Å²) in [7, 11) is 1.60. The molecule has 272 valence electrons. The van der Waals surface area contributed by atoms with Crippen LogP contribution in [0.15, 0.2) is 42.6 Å². The van der Waals surface area contributed by atoms with Crippen LogP contribution in [0.3, 0.4) is 0 Å². The van der Waals surface area contributed by atoms with E-state index in [4.69, 9.17) is 10.1 Å². The van der Waals surface area contributed by atoms with Gasteiger partial charge in [-0.2, -0.15) is 31.4 Å².